The third kappa shape index (κ3) is 3.84. The fourth-order valence-corrected chi connectivity index (χ4v) is 2.86. The highest BCUT2D eigenvalue weighted by Crippen LogP contribution is 2.52. The molecule has 0 bridgehead atoms. The van der Waals surface area contributed by atoms with Crippen molar-refractivity contribution in [2.75, 3.05) is 6.54 Å². The third-order valence-electron chi connectivity index (χ3n) is 4.48. The molecule has 0 aromatic heterocycles. The van der Waals surface area contributed by atoms with Gasteiger partial charge in [0.25, 0.3) is 5.92 Å². The Balaban J connectivity index is 1.55. The summed E-state index contributed by atoms with van der Waals surface area (Å²) in [6.07, 6.45) is -4.31. The van der Waals surface area contributed by atoms with Gasteiger partial charge in [0.2, 0.25) is 5.91 Å². The molecule has 0 aliphatic carbocycles. The van der Waals surface area contributed by atoms with Gasteiger partial charge >= 0.3 is 11.8 Å². The van der Waals surface area contributed by atoms with Crippen LogP contribution in [0, 0.1) is 0 Å². The zero-order valence-electron chi connectivity index (χ0n) is 13.6. The lowest BCUT2D eigenvalue weighted by atomic mass is 10.0. The van der Waals surface area contributed by atoms with Crippen LogP contribution >= 0.6 is 0 Å². The molecule has 142 valence electrons. The maximum absolute atomic E-state index is 13.3. The highest BCUT2D eigenvalue weighted by atomic mass is 19.4. The smallest absolute Gasteiger partial charge is 0.351 e. The summed E-state index contributed by atoms with van der Waals surface area (Å²) < 4.78 is 65.3. The number of alkyl halides is 5. The van der Waals surface area contributed by atoms with E-state index in [-0.39, 0.29) is 24.9 Å². The third-order valence-corrected chi connectivity index (χ3v) is 4.48. The zero-order valence-corrected chi connectivity index (χ0v) is 13.6. The molecule has 2 heterocycles. The lowest BCUT2D eigenvalue weighted by Crippen LogP contribution is -2.45. The lowest BCUT2D eigenvalue weighted by molar-refractivity contribution is -0.166. The van der Waals surface area contributed by atoms with Crippen LogP contribution in [0.15, 0.2) is 34.5 Å². The first-order valence-electron chi connectivity index (χ1n) is 8.12. The molecule has 2 aliphatic heterocycles. The molecule has 0 spiro atoms. The standard InChI is InChI=1S/C16H17F5N4O/c17-14(18)7-1-2-12(23-9-14)13(26)22-8-10-3-5-11(6-4-10)15(24-25-15)16(19,20)21/h3-6,12,23H,1-2,7-9H2,(H,22,26). The predicted octanol–water partition coefficient (Wildman–Crippen LogP) is 3.26. The summed E-state index contributed by atoms with van der Waals surface area (Å²) in [5, 5.41) is 11.4. The molecular formula is C16H17F5N4O. The molecule has 1 aromatic rings. The number of nitrogens with one attached hydrogen (secondary N) is 2. The monoisotopic (exact) mass is 376 g/mol. The summed E-state index contributed by atoms with van der Waals surface area (Å²) in [6.45, 7) is -0.465. The maximum Gasteiger partial charge on any atom is 0.442 e. The van der Waals surface area contributed by atoms with Crippen LogP contribution in [0.2, 0.25) is 0 Å². The molecule has 2 N–H and O–H groups in total. The molecule has 1 saturated heterocycles. The van der Waals surface area contributed by atoms with Gasteiger partial charge in [-0.05, 0) is 18.4 Å². The molecule has 0 saturated carbocycles. The number of carbonyl (C=O) groups is 1. The minimum Gasteiger partial charge on any atom is -0.351 e. The number of amides is 1. The van der Waals surface area contributed by atoms with E-state index >= 15 is 0 Å². The van der Waals surface area contributed by atoms with Crippen molar-refractivity contribution in [2.24, 2.45) is 10.2 Å². The molecule has 1 unspecified atom stereocenters. The van der Waals surface area contributed by atoms with Gasteiger partial charge in [-0.15, -0.1) is 10.2 Å². The Kier molecular flexibility index (Phi) is 4.72. The van der Waals surface area contributed by atoms with E-state index in [1.165, 1.54) is 24.3 Å². The molecule has 1 fully saturated rings. The molecule has 26 heavy (non-hydrogen) atoms. The van der Waals surface area contributed by atoms with E-state index in [0.717, 1.165) is 0 Å². The molecule has 1 aromatic carbocycles. The normalized spacial score (nSPS) is 24.0. The first-order valence-corrected chi connectivity index (χ1v) is 8.12. The summed E-state index contributed by atoms with van der Waals surface area (Å²) in [5.74, 6) is -3.23. The summed E-state index contributed by atoms with van der Waals surface area (Å²) in [6, 6.07) is 4.71. The van der Waals surface area contributed by atoms with Crippen molar-refractivity contribution in [3.05, 3.63) is 35.4 Å². The van der Waals surface area contributed by atoms with E-state index in [0.29, 0.717) is 12.0 Å². The number of carbonyl (C=O) groups excluding carboxylic acids is 1. The molecule has 2 aliphatic rings. The van der Waals surface area contributed by atoms with E-state index in [4.69, 9.17) is 0 Å². The average molecular weight is 376 g/mol. The summed E-state index contributed by atoms with van der Waals surface area (Å²) in [7, 11) is 0. The largest absolute Gasteiger partial charge is 0.442 e. The molecule has 1 atom stereocenters. The molecule has 1 amide bonds. The van der Waals surface area contributed by atoms with Crippen LogP contribution in [0.4, 0.5) is 22.0 Å². The van der Waals surface area contributed by atoms with Crippen LogP contribution in [-0.4, -0.2) is 30.6 Å². The second kappa shape index (κ2) is 6.57. The van der Waals surface area contributed by atoms with Crippen molar-refractivity contribution in [3.8, 4) is 0 Å². The lowest BCUT2D eigenvalue weighted by Gasteiger charge is -2.17. The molecular weight excluding hydrogens is 359 g/mol. The van der Waals surface area contributed by atoms with Gasteiger partial charge in [0, 0.05) is 18.5 Å². The van der Waals surface area contributed by atoms with Crippen LogP contribution in [0.1, 0.15) is 30.4 Å². The van der Waals surface area contributed by atoms with Gasteiger partial charge < -0.3 is 10.6 Å². The fourth-order valence-electron chi connectivity index (χ4n) is 2.86. The van der Waals surface area contributed by atoms with Crippen molar-refractivity contribution < 1.29 is 26.7 Å². The van der Waals surface area contributed by atoms with Crippen LogP contribution in [0.3, 0.4) is 0 Å². The molecule has 10 heteroatoms. The number of hydrogen-bond acceptors (Lipinski definition) is 4. The number of halogens is 5. The van der Waals surface area contributed by atoms with Crippen LogP contribution in [-0.2, 0) is 17.0 Å². The minimum atomic E-state index is -4.59. The van der Waals surface area contributed by atoms with E-state index in [9.17, 15) is 26.7 Å². The van der Waals surface area contributed by atoms with E-state index < -0.39 is 36.3 Å². The Hall–Kier alpha value is -2.10. The highest BCUT2D eigenvalue weighted by molar-refractivity contribution is 5.81. The van der Waals surface area contributed by atoms with Crippen molar-refractivity contribution in [1.29, 1.82) is 0 Å². The van der Waals surface area contributed by atoms with E-state index in [2.05, 4.69) is 20.9 Å². The zero-order chi connectivity index (χ0) is 19.0. The van der Waals surface area contributed by atoms with Crippen LogP contribution in [0.25, 0.3) is 0 Å². The van der Waals surface area contributed by atoms with Crippen LogP contribution < -0.4 is 10.6 Å². The highest BCUT2D eigenvalue weighted by Gasteiger charge is 2.65. The Morgan fingerprint density at radius 3 is 2.46 bits per heavy atom. The molecule has 5 nitrogen and oxygen atoms in total. The van der Waals surface area contributed by atoms with Crippen molar-refractivity contribution >= 4 is 5.91 Å². The Labute approximate surface area is 146 Å². The first kappa shape index (κ1) is 18.7. The van der Waals surface area contributed by atoms with Gasteiger partial charge in [-0.1, -0.05) is 24.3 Å². The van der Waals surface area contributed by atoms with Gasteiger partial charge in [0.1, 0.15) is 0 Å². The number of benzene rings is 1. The van der Waals surface area contributed by atoms with Gasteiger partial charge in [0.05, 0.1) is 12.6 Å². The Bertz CT molecular complexity index is 696. The second-order valence-electron chi connectivity index (χ2n) is 6.47. The number of hydrogen-bond donors (Lipinski definition) is 2. The first-order chi connectivity index (χ1) is 12.1. The summed E-state index contributed by atoms with van der Waals surface area (Å²) in [4.78, 5) is 12.1. The number of rotatable bonds is 4. The maximum atomic E-state index is 13.3. The minimum absolute atomic E-state index is 0.0843. The van der Waals surface area contributed by atoms with E-state index in [1.54, 1.807) is 0 Å². The van der Waals surface area contributed by atoms with Crippen molar-refractivity contribution in [1.82, 2.24) is 10.6 Å². The fraction of sp³-hybridized carbons (Fsp3) is 0.562. The van der Waals surface area contributed by atoms with E-state index in [1.807, 2.05) is 0 Å². The topological polar surface area (TPSA) is 65.8 Å². The van der Waals surface area contributed by atoms with Gasteiger partial charge in [-0.2, -0.15) is 13.2 Å². The van der Waals surface area contributed by atoms with Gasteiger partial charge in [-0.25, -0.2) is 8.78 Å². The Morgan fingerprint density at radius 1 is 1.23 bits per heavy atom. The summed E-state index contributed by atoms with van der Waals surface area (Å²) in [5.41, 5.74) is -1.98. The SMILES string of the molecule is O=C(NCc1ccc(C2(C(F)(F)F)N=N2)cc1)C1CCCC(F)(F)CN1. The van der Waals surface area contributed by atoms with Crippen LogP contribution in [0.5, 0.6) is 0 Å². The molecule has 0 radical (unpaired) electrons. The van der Waals surface area contributed by atoms with Crippen molar-refractivity contribution in [2.45, 2.75) is 49.6 Å². The second-order valence-corrected chi connectivity index (χ2v) is 6.47. The predicted molar refractivity (Wildman–Crippen MR) is 81.5 cm³/mol. The average Bonchev–Trinajstić information content (AvgIpc) is 3.38. The van der Waals surface area contributed by atoms with Crippen molar-refractivity contribution in [3.63, 3.8) is 0 Å². The van der Waals surface area contributed by atoms with Gasteiger partial charge in [-0.3, -0.25) is 4.79 Å². The summed E-state index contributed by atoms with van der Waals surface area (Å²) >= 11 is 0. The van der Waals surface area contributed by atoms with Gasteiger partial charge in [0.15, 0.2) is 0 Å². The quantitative estimate of drug-likeness (QED) is 0.793. The number of nitrogens with zero attached hydrogens (tertiary/aromatic N) is 2. The molecule has 3 rings (SSSR count). The Morgan fingerprint density at radius 2 is 1.88 bits per heavy atom.